The van der Waals surface area contributed by atoms with Crippen molar-refractivity contribution in [3.8, 4) is 5.75 Å². The van der Waals surface area contributed by atoms with Gasteiger partial charge in [-0.1, -0.05) is 36.4 Å². The highest BCUT2D eigenvalue weighted by atomic mass is 16.5. The maximum atomic E-state index is 10.2. The van der Waals surface area contributed by atoms with Crippen LogP contribution in [0.2, 0.25) is 0 Å². The van der Waals surface area contributed by atoms with E-state index in [4.69, 9.17) is 4.74 Å². The lowest BCUT2D eigenvalue weighted by Crippen LogP contribution is -2.34. The molecular weight excluding hydrogens is 188 g/mol. The van der Waals surface area contributed by atoms with Gasteiger partial charge in [-0.3, -0.25) is 0 Å². The van der Waals surface area contributed by atoms with E-state index < -0.39 is 6.10 Å². The number of benzene rings is 1. The third kappa shape index (κ3) is 1.29. The molecule has 1 aliphatic carbocycles. The fourth-order valence-electron chi connectivity index (χ4n) is 2.19. The summed E-state index contributed by atoms with van der Waals surface area (Å²) in [6.45, 7) is 0. The van der Waals surface area contributed by atoms with Crippen LogP contribution in [-0.2, 0) is 0 Å². The van der Waals surface area contributed by atoms with Crippen LogP contribution in [0.15, 0.2) is 48.6 Å². The second-order valence-electron chi connectivity index (χ2n) is 3.91. The molecule has 0 saturated carbocycles. The van der Waals surface area contributed by atoms with Crippen LogP contribution in [0.25, 0.3) is 0 Å². The highest BCUT2D eigenvalue weighted by molar-refractivity contribution is 5.40. The smallest absolute Gasteiger partial charge is 0.126 e. The van der Waals surface area contributed by atoms with Crippen molar-refractivity contribution in [2.45, 2.75) is 12.2 Å². The number of rotatable bonds is 0. The molecule has 3 unspecified atom stereocenters. The van der Waals surface area contributed by atoms with Crippen LogP contribution in [0.3, 0.4) is 0 Å². The molecule has 1 aromatic rings. The first-order chi connectivity index (χ1) is 7.36. The van der Waals surface area contributed by atoms with Crippen molar-refractivity contribution in [3.63, 3.8) is 0 Å². The maximum Gasteiger partial charge on any atom is 0.126 e. The molecule has 1 N–H and O–H groups in total. The van der Waals surface area contributed by atoms with Crippen molar-refractivity contribution >= 4 is 0 Å². The molecule has 1 heterocycles. The first-order valence-corrected chi connectivity index (χ1v) is 5.15. The molecule has 1 aromatic carbocycles. The number of para-hydroxylation sites is 1. The van der Waals surface area contributed by atoms with Crippen molar-refractivity contribution in [3.05, 3.63) is 54.1 Å². The Labute approximate surface area is 88.5 Å². The van der Waals surface area contributed by atoms with Gasteiger partial charge in [0.05, 0.1) is 6.10 Å². The third-order valence-electron chi connectivity index (χ3n) is 2.99. The molecule has 76 valence electrons. The highest BCUT2D eigenvalue weighted by Crippen LogP contribution is 2.40. The number of aliphatic hydroxyl groups is 1. The largest absolute Gasteiger partial charge is 0.485 e. The van der Waals surface area contributed by atoms with Crippen molar-refractivity contribution in [2.24, 2.45) is 5.92 Å². The van der Waals surface area contributed by atoms with Gasteiger partial charge >= 0.3 is 0 Å². The molecule has 0 amide bonds. The molecule has 1 aliphatic heterocycles. The minimum atomic E-state index is -0.457. The number of hydrogen-bond donors (Lipinski definition) is 1. The molecule has 2 nitrogen and oxygen atoms in total. The Balaban J connectivity index is 2.07. The standard InChI is InChI=1S/C13H12O2/c14-13-9-5-1-3-7-11(9)15-12-8-4-2-6-10(12)13/h1-9,11,13-14H. The van der Waals surface area contributed by atoms with Gasteiger partial charge in [-0.2, -0.15) is 0 Å². The zero-order valence-corrected chi connectivity index (χ0v) is 8.21. The van der Waals surface area contributed by atoms with E-state index >= 15 is 0 Å². The van der Waals surface area contributed by atoms with Gasteiger partial charge in [-0.15, -0.1) is 0 Å². The summed E-state index contributed by atoms with van der Waals surface area (Å²) in [5.74, 6) is 0.844. The number of fused-ring (bicyclic) bond motifs is 2. The molecule has 3 atom stereocenters. The average Bonchev–Trinajstić information content (AvgIpc) is 2.30. The van der Waals surface area contributed by atoms with Crippen molar-refractivity contribution < 1.29 is 9.84 Å². The second-order valence-corrected chi connectivity index (χ2v) is 3.91. The molecule has 15 heavy (non-hydrogen) atoms. The summed E-state index contributed by atoms with van der Waals surface area (Å²) in [6, 6.07) is 7.67. The predicted molar refractivity (Wildman–Crippen MR) is 57.6 cm³/mol. The lowest BCUT2D eigenvalue weighted by molar-refractivity contribution is 0.0433. The Hall–Kier alpha value is -1.54. The van der Waals surface area contributed by atoms with E-state index in [2.05, 4.69) is 0 Å². The van der Waals surface area contributed by atoms with Crippen LogP contribution in [0.4, 0.5) is 0 Å². The normalized spacial score (nSPS) is 31.7. The number of hydrogen-bond acceptors (Lipinski definition) is 2. The topological polar surface area (TPSA) is 29.5 Å². The van der Waals surface area contributed by atoms with Gasteiger partial charge in [0, 0.05) is 11.5 Å². The summed E-state index contributed by atoms with van der Waals surface area (Å²) < 4.78 is 5.81. The molecule has 0 radical (unpaired) electrons. The van der Waals surface area contributed by atoms with E-state index in [1.807, 2.05) is 48.6 Å². The van der Waals surface area contributed by atoms with Crippen molar-refractivity contribution in [1.82, 2.24) is 0 Å². The Morgan fingerprint density at radius 1 is 1.07 bits per heavy atom. The fraction of sp³-hybridized carbons (Fsp3) is 0.231. The fourth-order valence-corrected chi connectivity index (χ4v) is 2.19. The Kier molecular flexibility index (Phi) is 1.89. The van der Waals surface area contributed by atoms with E-state index in [0.29, 0.717) is 0 Å². The van der Waals surface area contributed by atoms with Crippen LogP contribution in [0.5, 0.6) is 5.75 Å². The SMILES string of the molecule is OC1c2ccccc2OC2C=CC=CC21. The first-order valence-electron chi connectivity index (χ1n) is 5.15. The number of aliphatic hydroxyl groups excluding tert-OH is 1. The summed E-state index contributed by atoms with van der Waals surface area (Å²) in [7, 11) is 0. The lowest BCUT2D eigenvalue weighted by atomic mass is 9.85. The molecular formula is C13H12O2. The molecule has 0 saturated heterocycles. The van der Waals surface area contributed by atoms with E-state index in [0.717, 1.165) is 11.3 Å². The van der Waals surface area contributed by atoms with E-state index in [9.17, 15) is 5.11 Å². The van der Waals surface area contributed by atoms with Crippen molar-refractivity contribution in [2.75, 3.05) is 0 Å². The number of ether oxygens (including phenoxy) is 1. The minimum absolute atomic E-state index is 0.0279. The molecule has 0 bridgehead atoms. The summed E-state index contributed by atoms with van der Waals surface area (Å²) in [4.78, 5) is 0. The van der Waals surface area contributed by atoms with Crippen LogP contribution in [0, 0.1) is 5.92 Å². The number of allylic oxidation sites excluding steroid dienone is 2. The molecule has 3 rings (SSSR count). The van der Waals surface area contributed by atoms with Crippen LogP contribution in [0.1, 0.15) is 11.7 Å². The predicted octanol–water partition coefficient (Wildman–Crippen LogP) is 2.22. The zero-order chi connectivity index (χ0) is 10.3. The summed E-state index contributed by atoms with van der Waals surface area (Å²) in [5.41, 5.74) is 0.888. The van der Waals surface area contributed by atoms with Crippen LogP contribution < -0.4 is 4.74 Å². The quantitative estimate of drug-likeness (QED) is 0.695. The Morgan fingerprint density at radius 2 is 1.87 bits per heavy atom. The Morgan fingerprint density at radius 3 is 2.80 bits per heavy atom. The molecule has 0 aromatic heterocycles. The zero-order valence-electron chi connectivity index (χ0n) is 8.21. The first kappa shape index (κ1) is 8.74. The molecule has 0 spiro atoms. The lowest BCUT2D eigenvalue weighted by Gasteiger charge is -2.35. The molecule has 0 fully saturated rings. The minimum Gasteiger partial charge on any atom is -0.485 e. The van der Waals surface area contributed by atoms with Gasteiger partial charge in [-0.05, 0) is 12.1 Å². The van der Waals surface area contributed by atoms with Gasteiger partial charge in [-0.25, -0.2) is 0 Å². The Bertz CT molecular complexity index is 434. The molecule has 2 heteroatoms. The van der Waals surface area contributed by atoms with Gasteiger partial charge in [0.25, 0.3) is 0 Å². The van der Waals surface area contributed by atoms with Gasteiger partial charge < -0.3 is 9.84 Å². The summed E-state index contributed by atoms with van der Waals surface area (Å²) in [6.07, 6.45) is 7.43. The van der Waals surface area contributed by atoms with Crippen LogP contribution in [-0.4, -0.2) is 11.2 Å². The third-order valence-corrected chi connectivity index (χ3v) is 2.99. The summed E-state index contributed by atoms with van der Waals surface area (Å²) >= 11 is 0. The van der Waals surface area contributed by atoms with Crippen molar-refractivity contribution in [1.29, 1.82) is 0 Å². The van der Waals surface area contributed by atoms with E-state index in [1.165, 1.54) is 0 Å². The van der Waals surface area contributed by atoms with Gasteiger partial charge in [0.1, 0.15) is 11.9 Å². The monoisotopic (exact) mass is 200 g/mol. The molecule has 2 aliphatic rings. The maximum absolute atomic E-state index is 10.2. The summed E-state index contributed by atoms with van der Waals surface area (Å²) in [5, 5.41) is 10.2. The van der Waals surface area contributed by atoms with Crippen LogP contribution >= 0.6 is 0 Å². The second kappa shape index (κ2) is 3.24. The van der Waals surface area contributed by atoms with Gasteiger partial charge in [0.15, 0.2) is 0 Å². The average molecular weight is 200 g/mol. The van der Waals surface area contributed by atoms with E-state index in [1.54, 1.807) is 0 Å². The van der Waals surface area contributed by atoms with E-state index in [-0.39, 0.29) is 12.0 Å². The highest BCUT2D eigenvalue weighted by Gasteiger charge is 2.34. The van der Waals surface area contributed by atoms with Gasteiger partial charge in [0.2, 0.25) is 0 Å².